The highest BCUT2D eigenvalue weighted by Crippen LogP contribution is 2.53. The molecule has 3 heterocycles. The zero-order valence-corrected chi connectivity index (χ0v) is 21.2. The van der Waals surface area contributed by atoms with Crippen LogP contribution in [-0.4, -0.2) is 68.7 Å². The van der Waals surface area contributed by atoms with Crippen molar-refractivity contribution in [2.45, 2.75) is 75.9 Å². The van der Waals surface area contributed by atoms with Crippen LogP contribution in [0.15, 0.2) is 29.8 Å². The number of phenols is 1. The van der Waals surface area contributed by atoms with Crippen molar-refractivity contribution < 1.29 is 15.0 Å². The predicted octanol–water partition coefficient (Wildman–Crippen LogP) is 3.89. The summed E-state index contributed by atoms with van der Waals surface area (Å²) >= 11 is 1.59. The van der Waals surface area contributed by atoms with E-state index in [1.807, 2.05) is 22.4 Å². The average molecular weight is 484 g/mol. The number of benzene rings is 1. The van der Waals surface area contributed by atoms with Gasteiger partial charge in [0.15, 0.2) is 0 Å². The molecule has 34 heavy (non-hydrogen) atoms. The van der Waals surface area contributed by atoms with Gasteiger partial charge in [-0.15, -0.1) is 11.3 Å². The number of fused-ring (bicyclic) bond motifs is 1. The number of nitrogens with zero attached hydrogens (tertiary/aromatic N) is 3. The smallest absolute Gasteiger partial charge is 0.222 e. The predicted molar refractivity (Wildman–Crippen MR) is 134 cm³/mol. The molecule has 184 valence electrons. The summed E-state index contributed by atoms with van der Waals surface area (Å²) in [7, 11) is 0. The Balaban J connectivity index is 1.44. The molecule has 1 amide bonds. The molecule has 3 aliphatic rings. The van der Waals surface area contributed by atoms with Gasteiger partial charge in [0.1, 0.15) is 5.75 Å². The summed E-state index contributed by atoms with van der Waals surface area (Å²) in [5.41, 5.74) is 0.690. The molecule has 0 bridgehead atoms. The van der Waals surface area contributed by atoms with E-state index in [0.717, 1.165) is 41.6 Å². The van der Waals surface area contributed by atoms with Crippen molar-refractivity contribution in [1.29, 1.82) is 0 Å². The summed E-state index contributed by atoms with van der Waals surface area (Å²) in [6, 6.07) is 5.55. The Morgan fingerprint density at radius 1 is 1.21 bits per heavy atom. The topological polar surface area (TPSA) is 76.9 Å². The highest BCUT2D eigenvalue weighted by atomic mass is 32.1. The molecule has 3 atom stereocenters. The number of amides is 1. The molecule has 0 radical (unpaired) electrons. The van der Waals surface area contributed by atoms with Gasteiger partial charge in [-0.05, 0) is 81.7 Å². The van der Waals surface area contributed by atoms with Gasteiger partial charge in [-0.3, -0.25) is 9.69 Å². The summed E-state index contributed by atoms with van der Waals surface area (Å²) in [6.07, 6.45) is 7.58. The number of aromatic hydroxyl groups is 1. The summed E-state index contributed by atoms with van der Waals surface area (Å²) < 4.78 is 0. The number of carbonyl (C=O) groups is 1. The lowest BCUT2D eigenvalue weighted by atomic mass is 9.57. The molecular formula is C27H37N3O3S. The van der Waals surface area contributed by atoms with E-state index in [2.05, 4.69) is 23.7 Å². The lowest BCUT2D eigenvalue weighted by Gasteiger charge is -2.57. The Morgan fingerprint density at radius 3 is 2.71 bits per heavy atom. The molecule has 1 aromatic carbocycles. The molecule has 7 heteroatoms. The van der Waals surface area contributed by atoms with E-state index < -0.39 is 11.0 Å². The number of likely N-dealkylation sites (tertiary alicyclic amines) is 2. The van der Waals surface area contributed by atoms with Gasteiger partial charge in [-0.2, -0.15) is 0 Å². The monoisotopic (exact) mass is 483 g/mol. The summed E-state index contributed by atoms with van der Waals surface area (Å²) in [5.74, 6) is 1.14. The van der Waals surface area contributed by atoms with Crippen molar-refractivity contribution in [3.63, 3.8) is 0 Å². The van der Waals surface area contributed by atoms with Crippen molar-refractivity contribution in [3.05, 3.63) is 45.9 Å². The molecule has 3 fully saturated rings. The molecule has 2 aromatic rings. The number of aryl methyl sites for hydroxylation is 2. The molecule has 0 spiro atoms. The normalized spacial score (nSPS) is 30.1. The second-order valence-electron chi connectivity index (χ2n) is 10.7. The Morgan fingerprint density at radius 2 is 1.97 bits per heavy atom. The molecular weight excluding hydrogens is 446 g/mol. The van der Waals surface area contributed by atoms with E-state index in [-0.39, 0.29) is 17.7 Å². The Kier molecular flexibility index (Phi) is 6.46. The minimum Gasteiger partial charge on any atom is -0.508 e. The second-order valence-corrected chi connectivity index (χ2v) is 11.7. The van der Waals surface area contributed by atoms with E-state index in [9.17, 15) is 15.0 Å². The first-order chi connectivity index (χ1) is 16.3. The third-order valence-corrected chi connectivity index (χ3v) is 9.62. The van der Waals surface area contributed by atoms with E-state index >= 15 is 0 Å². The summed E-state index contributed by atoms with van der Waals surface area (Å²) in [5, 5.41) is 25.9. The number of phenolic OH excluding ortho intramolecular Hbond substituents is 1. The quantitative estimate of drug-likeness (QED) is 0.652. The van der Waals surface area contributed by atoms with Gasteiger partial charge in [0.05, 0.1) is 10.6 Å². The fourth-order valence-corrected chi connectivity index (χ4v) is 7.11. The maximum Gasteiger partial charge on any atom is 0.222 e. The molecule has 1 aromatic heterocycles. The van der Waals surface area contributed by atoms with Crippen LogP contribution < -0.4 is 0 Å². The molecule has 2 N–H and O–H groups in total. The third kappa shape index (κ3) is 4.27. The largest absolute Gasteiger partial charge is 0.508 e. The van der Waals surface area contributed by atoms with E-state index in [0.29, 0.717) is 38.8 Å². The number of piperidine rings is 1. The van der Waals surface area contributed by atoms with Crippen molar-refractivity contribution in [1.82, 2.24) is 14.8 Å². The zero-order valence-electron chi connectivity index (χ0n) is 20.4. The first kappa shape index (κ1) is 23.8. The number of aliphatic hydroxyl groups is 1. The van der Waals surface area contributed by atoms with Gasteiger partial charge < -0.3 is 15.1 Å². The summed E-state index contributed by atoms with van der Waals surface area (Å²) in [6.45, 7) is 7.43. The zero-order chi connectivity index (χ0) is 23.9. The molecule has 6 nitrogen and oxygen atoms in total. The molecule has 2 aliphatic heterocycles. The Labute approximate surface area is 206 Å². The molecule has 5 rings (SSSR count). The molecule has 1 aliphatic carbocycles. The van der Waals surface area contributed by atoms with Crippen molar-refractivity contribution in [2.75, 3.05) is 26.2 Å². The average Bonchev–Trinajstić information content (AvgIpc) is 3.52. The third-order valence-electron chi connectivity index (χ3n) is 8.78. The van der Waals surface area contributed by atoms with Crippen molar-refractivity contribution in [2.24, 2.45) is 5.92 Å². The number of aromatic nitrogens is 1. The number of hydrogen-bond acceptors (Lipinski definition) is 6. The minimum atomic E-state index is -0.969. The van der Waals surface area contributed by atoms with Gasteiger partial charge in [-0.1, -0.05) is 6.07 Å². The Bertz CT molecular complexity index is 1020. The molecule has 3 unspecified atom stereocenters. The van der Waals surface area contributed by atoms with Crippen LogP contribution in [0.25, 0.3) is 0 Å². The fraction of sp³-hybridized carbons (Fsp3) is 0.630. The Hall–Kier alpha value is -1.96. The van der Waals surface area contributed by atoms with Gasteiger partial charge >= 0.3 is 0 Å². The molecule has 1 saturated carbocycles. The number of carbonyl (C=O) groups excluding carboxylic acids is 1. The van der Waals surface area contributed by atoms with Crippen LogP contribution in [0.2, 0.25) is 0 Å². The van der Waals surface area contributed by atoms with Crippen LogP contribution in [0.5, 0.6) is 5.75 Å². The highest BCUT2D eigenvalue weighted by Gasteiger charge is 2.59. The number of thiazole rings is 1. The van der Waals surface area contributed by atoms with Crippen molar-refractivity contribution in [3.8, 4) is 5.75 Å². The highest BCUT2D eigenvalue weighted by molar-refractivity contribution is 7.09. The van der Waals surface area contributed by atoms with Crippen molar-refractivity contribution >= 4 is 17.2 Å². The number of hydrogen-bond donors (Lipinski definition) is 2. The lowest BCUT2D eigenvalue weighted by molar-refractivity contribution is -0.137. The van der Waals surface area contributed by atoms with E-state index in [1.54, 1.807) is 23.6 Å². The maximum atomic E-state index is 13.2. The van der Waals surface area contributed by atoms with Gasteiger partial charge in [0.2, 0.25) is 5.91 Å². The van der Waals surface area contributed by atoms with Gasteiger partial charge in [0, 0.05) is 55.5 Å². The number of rotatable bonds is 6. The van der Waals surface area contributed by atoms with E-state index in [1.165, 1.54) is 12.8 Å². The van der Waals surface area contributed by atoms with E-state index in [4.69, 9.17) is 0 Å². The standard InChI is InChI=1S/C27H37N3O3S/c1-19-3-6-22(31)17-23(19)26-9-13-29(25(32)8-7-24-28-12-16-34-24)15-11-27(26,33)20(2)30(14-10-26)18-21-4-5-21/h3,6,12,16-17,20-21,31,33H,4-5,7-11,13-15,18H2,1-2H3. The fourth-order valence-electron chi connectivity index (χ4n) is 6.49. The minimum absolute atomic E-state index is 0.00558. The lowest BCUT2D eigenvalue weighted by Crippen LogP contribution is -2.68. The van der Waals surface area contributed by atoms with Gasteiger partial charge in [-0.25, -0.2) is 4.98 Å². The SMILES string of the molecule is Cc1ccc(O)cc1C12CCN(C(=O)CCc3nccs3)CCC1(O)C(C)N(CC1CC1)CC2. The van der Waals surface area contributed by atoms with Crippen LogP contribution in [0.1, 0.15) is 61.6 Å². The van der Waals surface area contributed by atoms with Crippen LogP contribution in [-0.2, 0) is 16.6 Å². The van der Waals surface area contributed by atoms with Crippen LogP contribution in [0.4, 0.5) is 0 Å². The van der Waals surface area contributed by atoms with Gasteiger partial charge in [0.25, 0.3) is 0 Å². The first-order valence-corrected chi connectivity index (χ1v) is 13.6. The second kappa shape index (κ2) is 9.25. The molecule has 2 saturated heterocycles. The summed E-state index contributed by atoms with van der Waals surface area (Å²) in [4.78, 5) is 21.9. The van der Waals surface area contributed by atoms with Crippen LogP contribution in [0, 0.1) is 12.8 Å². The maximum absolute atomic E-state index is 13.2. The first-order valence-electron chi connectivity index (χ1n) is 12.7. The van der Waals surface area contributed by atoms with Crippen LogP contribution >= 0.6 is 11.3 Å². The van der Waals surface area contributed by atoms with Crippen LogP contribution in [0.3, 0.4) is 0 Å².